The smallest absolute Gasteiger partial charge is 0.241 e. The van der Waals surface area contributed by atoms with Crippen molar-refractivity contribution in [3.63, 3.8) is 0 Å². The van der Waals surface area contributed by atoms with Gasteiger partial charge in [0, 0.05) is 12.1 Å². The summed E-state index contributed by atoms with van der Waals surface area (Å²) in [5.74, 6) is 0.370. The van der Waals surface area contributed by atoms with Gasteiger partial charge >= 0.3 is 0 Å². The molecule has 116 valence electrons. The molecule has 0 fully saturated rings. The van der Waals surface area contributed by atoms with E-state index >= 15 is 0 Å². The van der Waals surface area contributed by atoms with E-state index in [0.29, 0.717) is 12.3 Å². The fourth-order valence-electron chi connectivity index (χ4n) is 2.17. The van der Waals surface area contributed by atoms with Crippen LogP contribution in [0, 0.1) is 12.8 Å². The summed E-state index contributed by atoms with van der Waals surface area (Å²) in [5.41, 5.74) is 6.15. The van der Waals surface area contributed by atoms with Crippen molar-refractivity contribution in [1.29, 1.82) is 0 Å². The van der Waals surface area contributed by atoms with Crippen molar-refractivity contribution in [1.82, 2.24) is 4.72 Å². The summed E-state index contributed by atoms with van der Waals surface area (Å²) in [7, 11) is -3.52. The van der Waals surface area contributed by atoms with Crippen molar-refractivity contribution in [2.75, 3.05) is 6.54 Å². The number of aryl methyl sites for hydroxylation is 1. The minimum absolute atomic E-state index is 0. The molecule has 0 aliphatic carbocycles. The average molecular weight is 321 g/mol. The molecule has 20 heavy (non-hydrogen) atoms. The molecule has 0 saturated heterocycles. The van der Waals surface area contributed by atoms with Crippen LogP contribution in [0.5, 0.6) is 0 Å². The predicted octanol–water partition coefficient (Wildman–Crippen LogP) is 2.46. The van der Waals surface area contributed by atoms with E-state index in [1.54, 1.807) is 24.3 Å². The van der Waals surface area contributed by atoms with Crippen molar-refractivity contribution in [2.45, 2.75) is 44.6 Å². The Morgan fingerprint density at radius 3 is 2.15 bits per heavy atom. The SMILES string of the molecule is Cc1ccc(S(=O)(=O)NC(C)(CN)CC(C)C)cc1.Cl. The van der Waals surface area contributed by atoms with Crippen LogP contribution >= 0.6 is 12.4 Å². The zero-order valence-electron chi connectivity index (χ0n) is 12.5. The summed E-state index contributed by atoms with van der Waals surface area (Å²) in [5, 5.41) is 0. The fourth-order valence-corrected chi connectivity index (χ4v) is 3.60. The molecule has 0 heterocycles. The van der Waals surface area contributed by atoms with E-state index in [1.807, 2.05) is 27.7 Å². The summed E-state index contributed by atoms with van der Waals surface area (Å²) < 4.78 is 27.4. The molecule has 1 aromatic rings. The highest BCUT2D eigenvalue weighted by Crippen LogP contribution is 2.19. The fraction of sp³-hybridized carbons (Fsp3) is 0.571. The maximum Gasteiger partial charge on any atom is 0.241 e. The largest absolute Gasteiger partial charge is 0.329 e. The number of hydrogen-bond donors (Lipinski definition) is 2. The second kappa shape index (κ2) is 7.41. The van der Waals surface area contributed by atoms with Crippen LogP contribution < -0.4 is 10.5 Å². The molecule has 0 spiro atoms. The molecule has 0 amide bonds. The lowest BCUT2D eigenvalue weighted by molar-refractivity contribution is 0.344. The zero-order chi connectivity index (χ0) is 14.7. The molecule has 0 aromatic heterocycles. The van der Waals surface area contributed by atoms with E-state index in [9.17, 15) is 8.42 Å². The van der Waals surface area contributed by atoms with Crippen molar-refractivity contribution >= 4 is 22.4 Å². The number of benzene rings is 1. The van der Waals surface area contributed by atoms with Gasteiger partial charge < -0.3 is 5.73 Å². The first-order valence-corrected chi connectivity index (χ1v) is 7.97. The lowest BCUT2D eigenvalue weighted by Crippen LogP contribution is -2.51. The van der Waals surface area contributed by atoms with Crippen molar-refractivity contribution in [3.05, 3.63) is 29.8 Å². The molecule has 0 bridgehead atoms. The Bertz CT molecular complexity index is 514. The van der Waals surface area contributed by atoms with E-state index in [1.165, 1.54) is 0 Å². The van der Waals surface area contributed by atoms with Gasteiger partial charge in [-0.1, -0.05) is 31.5 Å². The maximum atomic E-state index is 12.3. The van der Waals surface area contributed by atoms with Crippen LogP contribution in [0.2, 0.25) is 0 Å². The van der Waals surface area contributed by atoms with Gasteiger partial charge in [0.25, 0.3) is 0 Å². The quantitative estimate of drug-likeness (QED) is 0.845. The molecule has 0 saturated carbocycles. The molecule has 3 N–H and O–H groups in total. The van der Waals surface area contributed by atoms with Crippen LogP contribution in [0.1, 0.15) is 32.8 Å². The first-order chi connectivity index (χ1) is 8.68. The molecule has 1 atom stereocenters. The minimum atomic E-state index is -3.52. The highest BCUT2D eigenvalue weighted by molar-refractivity contribution is 7.89. The Kier molecular flexibility index (Phi) is 7.18. The first kappa shape index (κ1) is 19.4. The third-order valence-corrected chi connectivity index (χ3v) is 4.68. The monoisotopic (exact) mass is 320 g/mol. The van der Waals surface area contributed by atoms with E-state index in [4.69, 9.17) is 5.73 Å². The van der Waals surface area contributed by atoms with Crippen LogP contribution in [0.15, 0.2) is 29.2 Å². The Morgan fingerprint density at radius 1 is 1.25 bits per heavy atom. The summed E-state index contributed by atoms with van der Waals surface area (Å²) in [6.07, 6.45) is 0.703. The molecule has 1 aromatic carbocycles. The highest BCUT2D eigenvalue weighted by Gasteiger charge is 2.30. The van der Waals surface area contributed by atoms with Crippen LogP contribution in [-0.2, 0) is 10.0 Å². The van der Waals surface area contributed by atoms with E-state index < -0.39 is 15.6 Å². The average Bonchev–Trinajstić information content (AvgIpc) is 2.27. The van der Waals surface area contributed by atoms with Gasteiger partial charge in [0.2, 0.25) is 10.0 Å². The number of sulfonamides is 1. The van der Waals surface area contributed by atoms with Gasteiger partial charge in [-0.05, 0) is 38.3 Å². The maximum absolute atomic E-state index is 12.3. The number of nitrogens with two attached hydrogens (primary N) is 1. The predicted molar refractivity (Wildman–Crippen MR) is 85.7 cm³/mol. The zero-order valence-corrected chi connectivity index (χ0v) is 14.1. The van der Waals surface area contributed by atoms with Crippen molar-refractivity contribution in [2.24, 2.45) is 11.7 Å². The van der Waals surface area contributed by atoms with E-state index in [-0.39, 0.29) is 23.8 Å². The second-order valence-electron chi connectivity index (χ2n) is 5.78. The van der Waals surface area contributed by atoms with Crippen LogP contribution in [0.3, 0.4) is 0 Å². The number of rotatable bonds is 6. The van der Waals surface area contributed by atoms with Crippen molar-refractivity contribution in [3.8, 4) is 0 Å². The van der Waals surface area contributed by atoms with Gasteiger partial charge in [0.1, 0.15) is 0 Å². The summed E-state index contributed by atoms with van der Waals surface area (Å²) in [6, 6.07) is 6.81. The summed E-state index contributed by atoms with van der Waals surface area (Å²) in [4.78, 5) is 0.279. The Hall–Kier alpha value is -0.620. The molecule has 1 rings (SSSR count). The number of hydrogen-bond acceptors (Lipinski definition) is 3. The van der Waals surface area contributed by atoms with E-state index in [2.05, 4.69) is 4.72 Å². The molecular weight excluding hydrogens is 296 g/mol. The third-order valence-electron chi connectivity index (χ3n) is 3.02. The summed E-state index contributed by atoms with van der Waals surface area (Å²) in [6.45, 7) is 8.14. The van der Waals surface area contributed by atoms with Gasteiger partial charge in [-0.3, -0.25) is 0 Å². The van der Waals surface area contributed by atoms with Crippen LogP contribution in [-0.4, -0.2) is 20.5 Å². The van der Waals surface area contributed by atoms with Crippen LogP contribution in [0.4, 0.5) is 0 Å². The molecule has 4 nitrogen and oxygen atoms in total. The van der Waals surface area contributed by atoms with Gasteiger partial charge in [-0.2, -0.15) is 0 Å². The highest BCUT2D eigenvalue weighted by atomic mass is 35.5. The Labute approximate surface area is 128 Å². The molecule has 6 heteroatoms. The van der Waals surface area contributed by atoms with Gasteiger partial charge in [-0.25, -0.2) is 13.1 Å². The topological polar surface area (TPSA) is 72.2 Å². The molecule has 0 radical (unpaired) electrons. The van der Waals surface area contributed by atoms with E-state index in [0.717, 1.165) is 5.56 Å². The van der Waals surface area contributed by atoms with Crippen molar-refractivity contribution < 1.29 is 8.42 Å². The molecule has 1 unspecified atom stereocenters. The lowest BCUT2D eigenvalue weighted by atomic mass is 9.92. The normalized spacial score (nSPS) is 14.7. The third kappa shape index (κ3) is 5.40. The Morgan fingerprint density at radius 2 is 1.75 bits per heavy atom. The lowest BCUT2D eigenvalue weighted by Gasteiger charge is -2.30. The Balaban J connectivity index is 0.00000361. The molecule has 0 aliphatic heterocycles. The minimum Gasteiger partial charge on any atom is -0.329 e. The standard InChI is InChI=1S/C14H24N2O2S.ClH/c1-11(2)9-14(4,10-15)16-19(17,18)13-7-5-12(3)6-8-13;/h5-8,11,16H,9-10,15H2,1-4H3;1H. The second-order valence-corrected chi connectivity index (χ2v) is 7.46. The van der Waals surface area contributed by atoms with Gasteiger partial charge in [0.15, 0.2) is 0 Å². The number of nitrogens with one attached hydrogen (secondary N) is 1. The summed E-state index contributed by atoms with van der Waals surface area (Å²) >= 11 is 0. The van der Waals surface area contributed by atoms with Crippen LogP contribution in [0.25, 0.3) is 0 Å². The van der Waals surface area contributed by atoms with Gasteiger partial charge in [-0.15, -0.1) is 12.4 Å². The molecular formula is C14H25ClN2O2S. The molecule has 0 aliphatic rings. The number of halogens is 1. The van der Waals surface area contributed by atoms with Gasteiger partial charge in [0.05, 0.1) is 4.90 Å². The first-order valence-electron chi connectivity index (χ1n) is 6.49.